The van der Waals surface area contributed by atoms with Crippen molar-refractivity contribution < 1.29 is 13.9 Å². The SMILES string of the molecule is CC(O)C(F)(F)CC1CCC1. The van der Waals surface area contributed by atoms with Gasteiger partial charge >= 0.3 is 0 Å². The van der Waals surface area contributed by atoms with Crippen molar-refractivity contribution in [3.63, 3.8) is 0 Å². The minimum Gasteiger partial charge on any atom is -0.387 e. The van der Waals surface area contributed by atoms with Gasteiger partial charge in [0.2, 0.25) is 0 Å². The Morgan fingerprint density at radius 3 is 2.36 bits per heavy atom. The van der Waals surface area contributed by atoms with Gasteiger partial charge in [0.25, 0.3) is 5.92 Å². The first-order valence-corrected chi connectivity index (χ1v) is 4.08. The highest BCUT2D eigenvalue weighted by Crippen LogP contribution is 2.37. The predicted octanol–water partition coefficient (Wildman–Crippen LogP) is 2.19. The smallest absolute Gasteiger partial charge is 0.273 e. The molecule has 1 nitrogen and oxygen atoms in total. The lowest BCUT2D eigenvalue weighted by Crippen LogP contribution is -2.34. The van der Waals surface area contributed by atoms with Gasteiger partial charge in [-0.3, -0.25) is 0 Å². The molecule has 11 heavy (non-hydrogen) atoms. The van der Waals surface area contributed by atoms with Crippen LogP contribution < -0.4 is 0 Å². The minimum absolute atomic E-state index is 0.134. The summed E-state index contributed by atoms with van der Waals surface area (Å²) in [5.74, 6) is -2.72. The summed E-state index contributed by atoms with van der Waals surface area (Å²) in [6.45, 7) is 1.15. The quantitative estimate of drug-likeness (QED) is 0.678. The number of rotatable bonds is 3. The van der Waals surface area contributed by atoms with Crippen LogP contribution >= 0.6 is 0 Å². The molecule has 1 N–H and O–H groups in total. The highest BCUT2D eigenvalue weighted by atomic mass is 19.3. The molecule has 0 bridgehead atoms. The number of hydrogen-bond acceptors (Lipinski definition) is 1. The molecule has 3 heteroatoms. The van der Waals surface area contributed by atoms with Crippen LogP contribution in [-0.2, 0) is 0 Å². The molecule has 1 saturated carbocycles. The first kappa shape index (κ1) is 8.91. The van der Waals surface area contributed by atoms with Crippen LogP contribution in [0.1, 0.15) is 32.6 Å². The van der Waals surface area contributed by atoms with Crippen molar-refractivity contribution in [2.24, 2.45) is 5.92 Å². The van der Waals surface area contributed by atoms with Crippen LogP contribution in [0.2, 0.25) is 0 Å². The number of alkyl halides is 2. The second kappa shape index (κ2) is 3.05. The van der Waals surface area contributed by atoms with E-state index >= 15 is 0 Å². The zero-order chi connectivity index (χ0) is 8.48. The molecule has 1 unspecified atom stereocenters. The summed E-state index contributed by atoms with van der Waals surface area (Å²) in [7, 11) is 0. The van der Waals surface area contributed by atoms with E-state index in [9.17, 15) is 8.78 Å². The fraction of sp³-hybridized carbons (Fsp3) is 1.00. The fourth-order valence-electron chi connectivity index (χ4n) is 1.25. The summed E-state index contributed by atoms with van der Waals surface area (Å²) in [5, 5.41) is 8.70. The molecule has 0 spiro atoms. The molecule has 1 atom stereocenters. The highest BCUT2D eigenvalue weighted by Gasteiger charge is 2.39. The van der Waals surface area contributed by atoms with E-state index in [0.29, 0.717) is 0 Å². The first-order valence-electron chi connectivity index (χ1n) is 4.08. The molecular formula is C8H14F2O. The molecule has 0 radical (unpaired) electrons. The molecule has 0 aromatic heterocycles. The molecule has 1 aliphatic rings. The van der Waals surface area contributed by atoms with Crippen LogP contribution in [0.25, 0.3) is 0 Å². The van der Waals surface area contributed by atoms with Crippen molar-refractivity contribution in [1.29, 1.82) is 0 Å². The monoisotopic (exact) mass is 164 g/mol. The van der Waals surface area contributed by atoms with Crippen LogP contribution in [0, 0.1) is 5.92 Å². The Bertz CT molecular complexity index is 130. The number of halogens is 2. The van der Waals surface area contributed by atoms with Crippen LogP contribution in [-0.4, -0.2) is 17.1 Å². The Kier molecular flexibility index (Phi) is 2.47. The molecule has 0 aliphatic heterocycles. The van der Waals surface area contributed by atoms with Gasteiger partial charge in [0.05, 0.1) is 0 Å². The Balaban J connectivity index is 2.32. The van der Waals surface area contributed by atoms with Gasteiger partial charge in [0.15, 0.2) is 0 Å². The van der Waals surface area contributed by atoms with Crippen molar-refractivity contribution in [2.45, 2.75) is 44.6 Å². The van der Waals surface area contributed by atoms with Gasteiger partial charge in [0, 0.05) is 6.42 Å². The molecule has 1 aliphatic carbocycles. The maximum absolute atomic E-state index is 12.8. The standard InChI is InChI=1S/C8H14F2O/c1-6(11)8(9,10)5-7-3-2-4-7/h6-7,11H,2-5H2,1H3. The van der Waals surface area contributed by atoms with Gasteiger partial charge in [-0.1, -0.05) is 19.3 Å². The van der Waals surface area contributed by atoms with Crippen molar-refractivity contribution >= 4 is 0 Å². The van der Waals surface area contributed by atoms with E-state index in [2.05, 4.69) is 0 Å². The molecule has 0 aromatic rings. The van der Waals surface area contributed by atoms with Crippen LogP contribution in [0.15, 0.2) is 0 Å². The fourth-order valence-corrected chi connectivity index (χ4v) is 1.25. The molecule has 0 aromatic carbocycles. The lowest BCUT2D eigenvalue weighted by atomic mass is 9.80. The average Bonchev–Trinajstić information content (AvgIpc) is 1.79. The Labute approximate surface area is 65.4 Å². The van der Waals surface area contributed by atoms with Gasteiger partial charge in [-0.15, -0.1) is 0 Å². The number of hydrogen-bond donors (Lipinski definition) is 1. The third-order valence-corrected chi connectivity index (χ3v) is 2.40. The van der Waals surface area contributed by atoms with Gasteiger partial charge < -0.3 is 5.11 Å². The Morgan fingerprint density at radius 1 is 1.55 bits per heavy atom. The van der Waals surface area contributed by atoms with Crippen LogP contribution in [0.5, 0.6) is 0 Å². The molecule has 66 valence electrons. The van der Waals surface area contributed by atoms with E-state index in [1.165, 1.54) is 0 Å². The minimum atomic E-state index is -2.87. The summed E-state index contributed by atoms with van der Waals surface area (Å²) >= 11 is 0. The molecular weight excluding hydrogens is 150 g/mol. The number of aliphatic hydroxyl groups excluding tert-OH is 1. The van der Waals surface area contributed by atoms with Gasteiger partial charge in [-0.25, -0.2) is 8.78 Å². The average molecular weight is 164 g/mol. The third-order valence-electron chi connectivity index (χ3n) is 2.40. The summed E-state index contributed by atoms with van der Waals surface area (Å²) in [4.78, 5) is 0. The number of aliphatic hydroxyl groups is 1. The van der Waals surface area contributed by atoms with E-state index in [1.807, 2.05) is 0 Å². The zero-order valence-electron chi connectivity index (χ0n) is 6.69. The van der Waals surface area contributed by atoms with Crippen molar-refractivity contribution in [3.05, 3.63) is 0 Å². The first-order chi connectivity index (χ1) is 5.02. The van der Waals surface area contributed by atoms with Crippen LogP contribution in [0.3, 0.4) is 0 Å². The normalized spacial score (nSPS) is 22.9. The van der Waals surface area contributed by atoms with E-state index in [4.69, 9.17) is 5.11 Å². The topological polar surface area (TPSA) is 20.2 Å². The lowest BCUT2D eigenvalue weighted by Gasteiger charge is -2.30. The summed E-state index contributed by atoms with van der Waals surface area (Å²) in [5.41, 5.74) is 0. The second-order valence-electron chi connectivity index (χ2n) is 3.44. The predicted molar refractivity (Wildman–Crippen MR) is 38.6 cm³/mol. The van der Waals surface area contributed by atoms with E-state index in [-0.39, 0.29) is 12.3 Å². The van der Waals surface area contributed by atoms with Crippen LogP contribution in [0.4, 0.5) is 8.78 Å². The van der Waals surface area contributed by atoms with Crippen molar-refractivity contribution in [2.75, 3.05) is 0 Å². The third kappa shape index (κ3) is 2.12. The molecule has 0 amide bonds. The maximum atomic E-state index is 12.8. The van der Waals surface area contributed by atoms with Gasteiger partial charge in [-0.2, -0.15) is 0 Å². The van der Waals surface area contributed by atoms with Gasteiger partial charge in [0.1, 0.15) is 6.10 Å². The maximum Gasteiger partial charge on any atom is 0.273 e. The van der Waals surface area contributed by atoms with Crippen molar-refractivity contribution in [1.82, 2.24) is 0 Å². The van der Waals surface area contributed by atoms with E-state index < -0.39 is 12.0 Å². The summed E-state index contributed by atoms with van der Waals surface area (Å²) < 4.78 is 25.5. The van der Waals surface area contributed by atoms with E-state index in [0.717, 1.165) is 26.2 Å². The lowest BCUT2D eigenvalue weighted by molar-refractivity contribution is -0.119. The van der Waals surface area contributed by atoms with Crippen molar-refractivity contribution in [3.8, 4) is 0 Å². The summed E-state index contributed by atoms with van der Waals surface area (Å²) in [6, 6.07) is 0. The zero-order valence-corrected chi connectivity index (χ0v) is 6.69. The Hall–Kier alpha value is -0.180. The molecule has 0 saturated heterocycles. The molecule has 1 fully saturated rings. The Morgan fingerprint density at radius 2 is 2.09 bits per heavy atom. The summed E-state index contributed by atoms with van der Waals surface area (Å²) in [6.07, 6.45) is 1.25. The molecule has 1 rings (SSSR count). The highest BCUT2D eigenvalue weighted by molar-refractivity contribution is 4.80. The van der Waals surface area contributed by atoms with E-state index in [1.54, 1.807) is 0 Å². The molecule has 0 heterocycles. The largest absolute Gasteiger partial charge is 0.387 e. The second-order valence-corrected chi connectivity index (χ2v) is 3.44. The van der Waals surface area contributed by atoms with Gasteiger partial charge in [-0.05, 0) is 12.8 Å².